The Kier molecular flexibility index (Phi) is 4.97. The number of benzene rings is 2. The fourth-order valence-corrected chi connectivity index (χ4v) is 2.98. The molecule has 0 aliphatic carbocycles. The zero-order chi connectivity index (χ0) is 17.1. The number of nitrogens with one attached hydrogen (secondary N) is 2. The van der Waals surface area contributed by atoms with Crippen molar-refractivity contribution in [3.63, 3.8) is 0 Å². The maximum absolute atomic E-state index is 12.4. The van der Waals surface area contributed by atoms with Crippen molar-refractivity contribution in [3.8, 4) is 0 Å². The molecule has 24 heavy (non-hydrogen) atoms. The summed E-state index contributed by atoms with van der Waals surface area (Å²) in [5, 5.41) is 7.88. The molecule has 3 rings (SSSR count). The van der Waals surface area contributed by atoms with Crippen LogP contribution >= 0.6 is 23.2 Å². The van der Waals surface area contributed by atoms with Crippen LogP contribution in [0.4, 0.5) is 5.69 Å². The van der Waals surface area contributed by atoms with Gasteiger partial charge in [0, 0.05) is 36.7 Å². The number of hydrogen-bond donors (Lipinski definition) is 2. The highest BCUT2D eigenvalue weighted by atomic mass is 35.5. The summed E-state index contributed by atoms with van der Waals surface area (Å²) in [5.74, 6) is -0.143. The lowest BCUT2D eigenvalue weighted by molar-refractivity contribution is 0.0947. The first-order chi connectivity index (χ1) is 11.6. The van der Waals surface area contributed by atoms with E-state index in [0.717, 1.165) is 16.6 Å². The van der Waals surface area contributed by atoms with E-state index in [1.165, 1.54) is 0 Å². The van der Waals surface area contributed by atoms with Crippen LogP contribution in [0.5, 0.6) is 0 Å². The van der Waals surface area contributed by atoms with Crippen molar-refractivity contribution in [2.45, 2.75) is 0 Å². The van der Waals surface area contributed by atoms with Crippen LogP contribution < -0.4 is 10.6 Å². The molecule has 6 heteroatoms. The molecule has 4 nitrogen and oxygen atoms in total. The van der Waals surface area contributed by atoms with E-state index in [0.29, 0.717) is 28.8 Å². The predicted molar refractivity (Wildman–Crippen MR) is 100 cm³/mol. The normalized spacial score (nSPS) is 10.8. The van der Waals surface area contributed by atoms with Gasteiger partial charge in [-0.3, -0.25) is 4.79 Å². The summed E-state index contributed by atoms with van der Waals surface area (Å²) in [6.45, 7) is 1.16. The summed E-state index contributed by atoms with van der Waals surface area (Å²) >= 11 is 12.3. The second-order valence-electron chi connectivity index (χ2n) is 5.43. The maximum atomic E-state index is 12.4. The molecule has 0 radical (unpaired) electrons. The lowest BCUT2D eigenvalue weighted by Crippen LogP contribution is -2.30. The molecule has 124 valence electrons. The second kappa shape index (κ2) is 7.16. The molecule has 2 N–H and O–H groups in total. The number of carbonyl (C=O) groups excluding carboxylic acids is 1. The molecule has 0 bridgehead atoms. The average molecular weight is 362 g/mol. The lowest BCUT2D eigenvalue weighted by Gasteiger charge is -2.08. The Labute approximate surface area is 150 Å². The molecule has 0 fully saturated rings. The third-order valence-corrected chi connectivity index (χ3v) is 4.68. The molecule has 2 aromatic carbocycles. The van der Waals surface area contributed by atoms with E-state index in [-0.39, 0.29) is 5.91 Å². The number of fused-ring (bicyclic) bond motifs is 1. The van der Waals surface area contributed by atoms with Crippen LogP contribution in [-0.4, -0.2) is 23.6 Å². The smallest absolute Gasteiger partial charge is 0.267 e. The summed E-state index contributed by atoms with van der Waals surface area (Å²) in [7, 11) is 1.84. The minimum absolute atomic E-state index is 0.143. The lowest BCUT2D eigenvalue weighted by atomic mass is 10.2. The SMILES string of the molecule is Cn1c(C(=O)NCCNc2ccccc2)cc2c(Cl)c(Cl)ccc21. The first kappa shape index (κ1) is 16.7. The van der Waals surface area contributed by atoms with E-state index in [1.807, 2.05) is 48.0 Å². The molecule has 0 aliphatic heterocycles. The van der Waals surface area contributed by atoms with Crippen LogP contribution in [0, 0.1) is 0 Å². The Balaban J connectivity index is 1.66. The number of amides is 1. The molecule has 1 amide bonds. The van der Waals surface area contributed by atoms with Gasteiger partial charge >= 0.3 is 0 Å². The number of halogens is 2. The highest BCUT2D eigenvalue weighted by Crippen LogP contribution is 2.32. The molecular formula is C18H17Cl2N3O. The second-order valence-corrected chi connectivity index (χ2v) is 6.22. The number of rotatable bonds is 5. The van der Waals surface area contributed by atoms with Crippen LogP contribution in [0.1, 0.15) is 10.5 Å². The van der Waals surface area contributed by atoms with Crippen molar-refractivity contribution in [2.75, 3.05) is 18.4 Å². The molecule has 0 aliphatic rings. The number of para-hydroxylation sites is 1. The number of carbonyl (C=O) groups is 1. The first-order valence-corrected chi connectivity index (χ1v) is 8.34. The first-order valence-electron chi connectivity index (χ1n) is 7.58. The van der Waals surface area contributed by atoms with Gasteiger partial charge in [-0.25, -0.2) is 0 Å². The largest absolute Gasteiger partial charge is 0.383 e. The van der Waals surface area contributed by atoms with Gasteiger partial charge in [0.25, 0.3) is 5.91 Å². The van der Waals surface area contributed by atoms with E-state index >= 15 is 0 Å². The van der Waals surface area contributed by atoms with Gasteiger partial charge < -0.3 is 15.2 Å². The quantitative estimate of drug-likeness (QED) is 0.664. The zero-order valence-corrected chi connectivity index (χ0v) is 14.7. The van der Waals surface area contributed by atoms with E-state index < -0.39 is 0 Å². The molecule has 1 heterocycles. The van der Waals surface area contributed by atoms with Gasteiger partial charge in [-0.1, -0.05) is 41.4 Å². The fourth-order valence-electron chi connectivity index (χ4n) is 2.60. The molecule has 0 unspecified atom stereocenters. The van der Waals surface area contributed by atoms with Gasteiger partial charge in [-0.05, 0) is 30.3 Å². The summed E-state index contributed by atoms with van der Waals surface area (Å²) in [6, 6.07) is 15.2. The third-order valence-electron chi connectivity index (χ3n) is 3.86. The third kappa shape index (κ3) is 3.35. The number of anilines is 1. The van der Waals surface area contributed by atoms with Crippen molar-refractivity contribution in [3.05, 3.63) is 64.3 Å². The summed E-state index contributed by atoms with van der Waals surface area (Å²) in [6.07, 6.45) is 0. The molecule has 1 aromatic heterocycles. The van der Waals surface area contributed by atoms with Crippen LogP contribution in [0.2, 0.25) is 10.0 Å². The van der Waals surface area contributed by atoms with Gasteiger partial charge in [-0.2, -0.15) is 0 Å². The summed E-state index contributed by atoms with van der Waals surface area (Å²) < 4.78 is 1.82. The van der Waals surface area contributed by atoms with E-state index in [4.69, 9.17) is 23.2 Å². The standard InChI is InChI=1S/C18H17Cl2N3O/c1-23-15-8-7-14(19)17(20)13(15)11-16(23)18(24)22-10-9-21-12-5-3-2-4-6-12/h2-8,11,21H,9-10H2,1H3,(H,22,24). The van der Waals surface area contributed by atoms with Crippen molar-refractivity contribution in [2.24, 2.45) is 7.05 Å². The van der Waals surface area contributed by atoms with Gasteiger partial charge in [0.15, 0.2) is 0 Å². The van der Waals surface area contributed by atoms with Crippen molar-refractivity contribution >= 4 is 45.7 Å². The number of aryl methyl sites for hydroxylation is 1. The number of aromatic nitrogens is 1. The highest BCUT2D eigenvalue weighted by molar-refractivity contribution is 6.45. The Bertz CT molecular complexity index is 875. The van der Waals surface area contributed by atoms with Gasteiger partial charge in [0.1, 0.15) is 5.69 Å². The van der Waals surface area contributed by atoms with E-state index in [9.17, 15) is 4.79 Å². The van der Waals surface area contributed by atoms with Gasteiger partial charge in [0.2, 0.25) is 0 Å². The Morgan fingerprint density at radius 3 is 2.58 bits per heavy atom. The molecule has 0 atom stereocenters. The Morgan fingerprint density at radius 1 is 1.08 bits per heavy atom. The summed E-state index contributed by atoms with van der Waals surface area (Å²) in [5.41, 5.74) is 2.45. The Morgan fingerprint density at radius 2 is 1.83 bits per heavy atom. The molecule has 3 aromatic rings. The average Bonchev–Trinajstić information content (AvgIpc) is 2.93. The number of hydrogen-bond acceptors (Lipinski definition) is 2. The molecule has 0 saturated heterocycles. The van der Waals surface area contributed by atoms with Gasteiger partial charge in [-0.15, -0.1) is 0 Å². The molecule has 0 saturated carbocycles. The molecule has 0 spiro atoms. The van der Waals surface area contributed by atoms with E-state index in [1.54, 1.807) is 12.1 Å². The topological polar surface area (TPSA) is 46.1 Å². The number of nitrogens with zero attached hydrogens (tertiary/aromatic N) is 1. The minimum Gasteiger partial charge on any atom is -0.383 e. The molecular weight excluding hydrogens is 345 g/mol. The van der Waals surface area contributed by atoms with Crippen molar-refractivity contribution < 1.29 is 4.79 Å². The zero-order valence-electron chi connectivity index (χ0n) is 13.1. The highest BCUT2D eigenvalue weighted by Gasteiger charge is 2.15. The fraction of sp³-hybridized carbons (Fsp3) is 0.167. The van der Waals surface area contributed by atoms with E-state index in [2.05, 4.69) is 10.6 Å². The van der Waals surface area contributed by atoms with Crippen molar-refractivity contribution in [1.82, 2.24) is 9.88 Å². The van der Waals surface area contributed by atoms with Crippen LogP contribution in [0.15, 0.2) is 48.5 Å². The van der Waals surface area contributed by atoms with Crippen LogP contribution in [0.25, 0.3) is 10.9 Å². The minimum atomic E-state index is -0.143. The van der Waals surface area contributed by atoms with Crippen LogP contribution in [0.3, 0.4) is 0 Å². The van der Waals surface area contributed by atoms with Gasteiger partial charge in [0.05, 0.1) is 10.0 Å². The maximum Gasteiger partial charge on any atom is 0.267 e. The summed E-state index contributed by atoms with van der Waals surface area (Å²) in [4.78, 5) is 12.4. The van der Waals surface area contributed by atoms with Crippen molar-refractivity contribution in [1.29, 1.82) is 0 Å². The predicted octanol–water partition coefficient (Wildman–Crippen LogP) is 4.33. The monoisotopic (exact) mass is 361 g/mol. The van der Waals surface area contributed by atoms with Crippen LogP contribution in [-0.2, 0) is 7.05 Å². The Hall–Kier alpha value is -2.17.